The van der Waals surface area contributed by atoms with Gasteiger partial charge in [0.05, 0.1) is 24.5 Å². The smallest absolute Gasteiger partial charge is 0.348 e. The molecule has 0 aliphatic heterocycles. The van der Waals surface area contributed by atoms with Crippen molar-refractivity contribution in [1.29, 1.82) is 5.41 Å². The molecule has 1 aromatic heterocycles. The fraction of sp³-hybridized carbons (Fsp3) is 0.267. The summed E-state index contributed by atoms with van der Waals surface area (Å²) < 4.78 is 18.2. The van der Waals surface area contributed by atoms with Crippen molar-refractivity contribution in [2.24, 2.45) is 5.73 Å². The summed E-state index contributed by atoms with van der Waals surface area (Å²) in [5.41, 5.74) is 7.47. The third-order valence-corrected chi connectivity index (χ3v) is 6.43. The molecule has 11 nitrogen and oxygen atoms in total. The molecule has 0 radical (unpaired) electrons. The number of nitrogens with zero attached hydrogens (tertiary/aromatic N) is 2. The van der Waals surface area contributed by atoms with E-state index in [1.807, 2.05) is 44.2 Å². The summed E-state index contributed by atoms with van der Waals surface area (Å²) >= 11 is 0. The molecule has 0 bridgehead atoms. The van der Waals surface area contributed by atoms with Crippen molar-refractivity contribution in [2.45, 2.75) is 32.3 Å². The van der Waals surface area contributed by atoms with Crippen molar-refractivity contribution in [3.8, 4) is 17.2 Å². The van der Waals surface area contributed by atoms with Crippen LogP contribution in [0, 0.1) is 5.41 Å². The number of methoxy groups -OCH3 is 1. The first-order valence-electron chi connectivity index (χ1n) is 13.1. The molecule has 4 rings (SSSR count). The minimum absolute atomic E-state index is 0.0343. The molecule has 0 saturated carbocycles. The van der Waals surface area contributed by atoms with Crippen molar-refractivity contribution >= 4 is 11.8 Å². The average molecular weight is 560 g/mol. The lowest BCUT2D eigenvalue weighted by atomic mass is 9.90. The van der Waals surface area contributed by atoms with E-state index in [0.717, 1.165) is 15.8 Å². The van der Waals surface area contributed by atoms with E-state index < -0.39 is 17.6 Å². The number of nitrogen functional groups attached to an aromatic ring is 1. The van der Waals surface area contributed by atoms with E-state index in [9.17, 15) is 14.7 Å². The van der Waals surface area contributed by atoms with Gasteiger partial charge in [0.25, 0.3) is 0 Å². The highest BCUT2D eigenvalue weighted by Crippen LogP contribution is 2.35. The Balaban J connectivity index is 1.80. The highest BCUT2D eigenvalue weighted by molar-refractivity contribution is 5.94. The van der Waals surface area contributed by atoms with Gasteiger partial charge in [0.2, 0.25) is 0 Å². The number of hydrogen-bond donors (Lipinski definition) is 4. The molecule has 214 valence electrons. The molecule has 0 aliphatic carbocycles. The molecule has 11 heteroatoms. The van der Waals surface area contributed by atoms with Crippen LogP contribution in [0.3, 0.4) is 0 Å². The van der Waals surface area contributed by atoms with Crippen LogP contribution in [0.2, 0.25) is 0 Å². The van der Waals surface area contributed by atoms with Gasteiger partial charge in [0.1, 0.15) is 17.8 Å². The number of H-pyrrole nitrogens is 1. The Hall–Kier alpha value is -4.90. The van der Waals surface area contributed by atoms with Crippen molar-refractivity contribution in [2.75, 3.05) is 20.3 Å². The zero-order chi connectivity index (χ0) is 29.5. The Morgan fingerprint density at radius 2 is 1.85 bits per heavy atom. The van der Waals surface area contributed by atoms with Gasteiger partial charge >= 0.3 is 11.7 Å². The molecule has 4 aromatic rings. The second-order valence-corrected chi connectivity index (χ2v) is 9.44. The predicted molar refractivity (Wildman–Crippen MR) is 154 cm³/mol. The van der Waals surface area contributed by atoms with Crippen LogP contribution in [-0.2, 0) is 11.2 Å². The van der Waals surface area contributed by atoms with E-state index in [-0.39, 0.29) is 23.2 Å². The molecule has 41 heavy (non-hydrogen) atoms. The number of aromatic carboxylic acids is 1. The lowest BCUT2D eigenvalue weighted by Crippen LogP contribution is -2.18. The van der Waals surface area contributed by atoms with Crippen LogP contribution in [-0.4, -0.2) is 58.1 Å². The summed E-state index contributed by atoms with van der Waals surface area (Å²) in [6.45, 7) is 4.59. The van der Waals surface area contributed by atoms with Gasteiger partial charge in [-0.3, -0.25) is 10.4 Å². The second kappa shape index (κ2) is 13.0. The van der Waals surface area contributed by atoms with Crippen LogP contribution in [0.15, 0.2) is 71.5 Å². The van der Waals surface area contributed by atoms with Crippen LogP contribution in [0.4, 0.5) is 0 Å². The number of para-hydroxylation sites is 1. The monoisotopic (exact) mass is 559 g/mol. The van der Waals surface area contributed by atoms with E-state index >= 15 is 0 Å². The number of benzene rings is 3. The molecule has 1 heterocycles. The number of ether oxygens (including phenoxy) is 3. The van der Waals surface area contributed by atoms with Crippen molar-refractivity contribution < 1.29 is 24.1 Å². The number of nitrogens with one attached hydrogen (secondary N) is 2. The number of hydrogen-bond acceptors (Lipinski definition) is 7. The first kappa shape index (κ1) is 29.1. The standard InChI is InChI=1S/C30H33N5O6/c1-4-40-26-16-21(13-14-25(26)41-18(2)17-39-3)23(15-19-9-11-20(12-10-19)27(31)32)28-33-30(38)35(34-28)24-8-6-5-7-22(24)29(36)37/h5-14,16,18,23H,4,15,17H2,1-3H3,(H3,31,32)(H,36,37)(H,33,34,38). The van der Waals surface area contributed by atoms with Gasteiger partial charge < -0.3 is 25.1 Å². The largest absolute Gasteiger partial charge is 0.490 e. The fourth-order valence-corrected chi connectivity index (χ4v) is 4.52. The Morgan fingerprint density at radius 3 is 2.51 bits per heavy atom. The quantitative estimate of drug-likeness (QED) is 0.142. The van der Waals surface area contributed by atoms with Crippen molar-refractivity contribution in [1.82, 2.24) is 14.8 Å². The van der Waals surface area contributed by atoms with Crippen LogP contribution in [0.1, 0.15) is 52.6 Å². The van der Waals surface area contributed by atoms with Gasteiger partial charge in [0, 0.05) is 18.6 Å². The topological polar surface area (TPSA) is 166 Å². The Kier molecular flexibility index (Phi) is 9.20. The summed E-state index contributed by atoms with van der Waals surface area (Å²) in [4.78, 5) is 27.7. The van der Waals surface area contributed by atoms with E-state index in [4.69, 9.17) is 25.4 Å². The zero-order valence-electron chi connectivity index (χ0n) is 23.1. The molecule has 0 spiro atoms. The Morgan fingerprint density at radius 1 is 1.12 bits per heavy atom. The predicted octanol–water partition coefficient (Wildman–Crippen LogP) is 3.73. The molecule has 2 unspecified atom stereocenters. The Labute approximate surface area is 237 Å². The third-order valence-electron chi connectivity index (χ3n) is 6.43. The van der Waals surface area contributed by atoms with Gasteiger partial charge in [-0.15, -0.1) is 5.10 Å². The number of nitrogens with two attached hydrogens (primary N) is 1. The van der Waals surface area contributed by atoms with Gasteiger partial charge in [-0.2, -0.15) is 4.68 Å². The first-order valence-corrected chi connectivity index (χ1v) is 13.1. The molecule has 0 fully saturated rings. The van der Waals surface area contributed by atoms with Crippen LogP contribution < -0.4 is 20.9 Å². The zero-order valence-corrected chi connectivity index (χ0v) is 23.1. The minimum atomic E-state index is -1.17. The maximum absolute atomic E-state index is 13.1. The Bertz CT molecular complexity index is 1580. The molecule has 0 aliphatic rings. The van der Waals surface area contributed by atoms with Crippen LogP contribution in [0.25, 0.3) is 5.69 Å². The van der Waals surface area contributed by atoms with E-state index in [1.165, 1.54) is 12.1 Å². The summed E-state index contributed by atoms with van der Waals surface area (Å²) in [5, 5.41) is 21.9. The lowest BCUT2D eigenvalue weighted by molar-refractivity contribution is 0.0696. The van der Waals surface area contributed by atoms with Gasteiger partial charge in [-0.1, -0.05) is 42.5 Å². The molecule has 2 atom stereocenters. The van der Waals surface area contributed by atoms with E-state index in [1.54, 1.807) is 31.4 Å². The lowest BCUT2D eigenvalue weighted by Gasteiger charge is -2.20. The highest BCUT2D eigenvalue weighted by Gasteiger charge is 2.24. The number of rotatable bonds is 13. The van der Waals surface area contributed by atoms with E-state index in [2.05, 4.69) is 10.1 Å². The third kappa shape index (κ3) is 6.82. The number of carbonyl (C=O) groups is 1. The molecular weight excluding hydrogens is 526 g/mol. The molecule has 0 saturated heterocycles. The highest BCUT2D eigenvalue weighted by atomic mass is 16.5. The second-order valence-electron chi connectivity index (χ2n) is 9.44. The molecule has 0 amide bonds. The van der Waals surface area contributed by atoms with Crippen LogP contribution >= 0.6 is 0 Å². The van der Waals surface area contributed by atoms with Crippen molar-refractivity contribution in [3.63, 3.8) is 0 Å². The summed E-state index contributed by atoms with van der Waals surface area (Å²) in [7, 11) is 1.61. The number of aromatic amines is 1. The number of carboxylic acids is 1. The van der Waals surface area contributed by atoms with E-state index in [0.29, 0.717) is 42.5 Å². The molecular formula is C30H33N5O6. The number of carboxylic acid groups (broad SMARTS) is 1. The minimum Gasteiger partial charge on any atom is -0.490 e. The fourth-order valence-electron chi connectivity index (χ4n) is 4.52. The normalized spacial score (nSPS) is 12.5. The molecule has 3 aromatic carbocycles. The van der Waals surface area contributed by atoms with Crippen LogP contribution in [0.5, 0.6) is 11.5 Å². The van der Waals surface area contributed by atoms with Gasteiger partial charge in [-0.25, -0.2) is 9.59 Å². The first-order chi connectivity index (χ1) is 19.7. The SMILES string of the molecule is CCOc1cc(C(Cc2ccc(C(=N)N)cc2)c2nn(-c3ccccc3C(=O)O)c(=O)[nH]2)ccc1OC(C)COC. The maximum Gasteiger partial charge on any atom is 0.348 e. The molecule has 5 N–H and O–H groups in total. The maximum atomic E-state index is 13.1. The summed E-state index contributed by atoms with van der Waals surface area (Å²) in [6, 6.07) is 19.0. The number of amidine groups is 1. The average Bonchev–Trinajstić information content (AvgIpc) is 3.34. The summed E-state index contributed by atoms with van der Waals surface area (Å²) in [5.74, 6) is -0.225. The van der Waals surface area contributed by atoms with Crippen molar-refractivity contribution in [3.05, 3.63) is 105 Å². The summed E-state index contributed by atoms with van der Waals surface area (Å²) in [6.07, 6.45) is 0.222. The van der Waals surface area contributed by atoms with Gasteiger partial charge in [-0.05, 0) is 55.7 Å². The number of aromatic nitrogens is 3. The van der Waals surface area contributed by atoms with Gasteiger partial charge in [0.15, 0.2) is 11.5 Å².